The lowest BCUT2D eigenvalue weighted by molar-refractivity contribution is 1.06. The first-order valence-corrected chi connectivity index (χ1v) is 18.9. The van der Waals surface area contributed by atoms with E-state index in [0.717, 1.165) is 39.1 Å². The van der Waals surface area contributed by atoms with Crippen molar-refractivity contribution in [3.05, 3.63) is 200 Å². The third-order valence-electron chi connectivity index (χ3n) is 10.8. The Hall–Kier alpha value is -7.63. The van der Waals surface area contributed by atoms with Gasteiger partial charge in [-0.1, -0.05) is 158 Å². The van der Waals surface area contributed by atoms with Gasteiger partial charge in [0.1, 0.15) is 0 Å². The summed E-state index contributed by atoms with van der Waals surface area (Å²) in [7, 11) is 0. The Bertz CT molecular complexity index is 3160. The number of aromatic nitrogens is 5. The zero-order valence-electron chi connectivity index (χ0n) is 30.3. The van der Waals surface area contributed by atoms with Crippen molar-refractivity contribution in [3.8, 4) is 56.7 Å². The molecule has 0 aliphatic carbocycles. The van der Waals surface area contributed by atoms with E-state index in [1.165, 1.54) is 43.7 Å². The summed E-state index contributed by atoms with van der Waals surface area (Å²) in [6.07, 6.45) is 0. The molecule has 56 heavy (non-hydrogen) atoms. The van der Waals surface area contributed by atoms with Crippen LogP contribution in [-0.4, -0.2) is 24.1 Å². The molecule has 5 nitrogen and oxygen atoms in total. The summed E-state index contributed by atoms with van der Waals surface area (Å²) in [4.78, 5) is 15.3. The first-order chi connectivity index (χ1) is 27.8. The minimum Gasteiger partial charge on any atom is -0.309 e. The molecule has 0 radical (unpaired) electrons. The smallest absolute Gasteiger partial charge is 0.166 e. The molecule has 11 aromatic rings. The van der Waals surface area contributed by atoms with E-state index >= 15 is 0 Å². The van der Waals surface area contributed by atoms with Gasteiger partial charge in [-0.15, -0.1) is 0 Å². The van der Waals surface area contributed by atoms with Crippen molar-refractivity contribution in [2.24, 2.45) is 0 Å². The quantitative estimate of drug-likeness (QED) is 0.172. The van der Waals surface area contributed by atoms with Gasteiger partial charge in [0.2, 0.25) is 0 Å². The highest BCUT2D eigenvalue weighted by molar-refractivity contribution is 6.26. The molecule has 0 amide bonds. The second kappa shape index (κ2) is 13.0. The van der Waals surface area contributed by atoms with Crippen LogP contribution in [0, 0.1) is 0 Å². The van der Waals surface area contributed by atoms with Crippen molar-refractivity contribution >= 4 is 43.6 Å². The van der Waals surface area contributed by atoms with Crippen LogP contribution in [0.4, 0.5) is 0 Å². The van der Waals surface area contributed by atoms with Gasteiger partial charge in [-0.25, -0.2) is 15.0 Å². The van der Waals surface area contributed by atoms with Crippen molar-refractivity contribution in [1.29, 1.82) is 0 Å². The zero-order chi connectivity index (χ0) is 37.0. The predicted molar refractivity (Wildman–Crippen MR) is 230 cm³/mol. The normalized spacial score (nSPS) is 11.6. The van der Waals surface area contributed by atoms with Gasteiger partial charge in [-0.05, 0) is 53.6 Å². The average molecular weight is 716 g/mol. The Labute approximate surface area is 323 Å². The number of rotatable bonds is 6. The standard InChI is InChI=1S/C51H33N5/c1-4-16-34(17-5-1)35-28-30-38(31-29-35)55-43-25-13-10-22-39(43)40-32-33-46-47(48(40)55)41-23-11-14-26-44(41)56(46)45-27-15-12-24-42(45)51-53-49(36-18-6-2-7-19-36)52-50(54-51)37-20-8-3-9-21-37/h1-33H. The van der Waals surface area contributed by atoms with Crippen LogP contribution in [0.25, 0.3) is 100 Å². The lowest BCUT2D eigenvalue weighted by Crippen LogP contribution is -2.03. The highest BCUT2D eigenvalue weighted by Crippen LogP contribution is 2.43. The number of para-hydroxylation sites is 3. The zero-order valence-corrected chi connectivity index (χ0v) is 30.3. The fourth-order valence-electron chi connectivity index (χ4n) is 8.26. The Morgan fingerprint density at radius 2 is 0.804 bits per heavy atom. The number of hydrogen-bond acceptors (Lipinski definition) is 3. The van der Waals surface area contributed by atoms with E-state index in [0.29, 0.717) is 17.5 Å². The molecule has 0 atom stereocenters. The lowest BCUT2D eigenvalue weighted by atomic mass is 10.1. The summed E-state index contributed by atoms with van der Waals surface area (Å²) >= 11 is 0. The summed E-state index contributed by atoms with van der Waals surface area (Å²) in [5.41, 5.74) is 11.9. The molecule has 0 saturated carbocycles. The van der Waals surface area contributed by atoms with Gasteiger partial charge in [0.05, 0.1) is 27.8 Å². The molecule has 5 heteroatoms. The van der Waals surface area contributed by atoms with Crippen LogP contribution in [0.5, 0.6) is 0 Å². The Morgan fingerprint density at radius 1 is 0.304 bits per heavy atom. The Balaban J connectivity index is 1.18. The number of benzene rings is 8. The van der Waals surface area contributed by atoms with E-state index in [-0.39, 0.29) is 0 Å². The largest absolute Gasteiger partial charge is 0.309 e. The SMILES string of the molecule is c1ccc(-c2ccc(-n3c4ccccc4c4ccc5c(c6ccccc6n5-c5ccccc5-c5nc(-c6ccccc6)nc(-c6ccccc6)n5)c43)cc2)cc1. The molecule has 8 aromatic carbocycles. The third-order valence-corrected chi connectivity index (χ3v) is 10.8. The van der Waals surface area contributed by atoms with Gasteiger partial charge >= 0.3 is 0 Å². The summed E-state index contributed by atoms with van der Waals surface area (Å²) in [6, 6.07) is 70.3. The monoisotopic (exact) mass is 715 g/mol. The van der Waals surface area contributed by atoms with E-state index in [9.17, 15) is 0 Å². The van der Waals surface area contributed by atoms with Gasteiger partial charge in [-0.3, -0.25) is 0 Å². The van der Waals surface area contributed by atoms with E-state index in [1.54, 1.807) is 0 Å². The van der Waals surface area contributed by atoms with Gasteiger partial charge in [0.25, 0.3) is 0 Å². The molecule has 0 saturated heterocycles. The molecular formula is C51H33N5. The van der Waals surface area contributed by atoms with E-state index < -0.39 is 0 Å². The summed E-state index contributed by atoms with van der Waals surface area (Å²) in [5, 5.41) is 4.81. The minimum atomic E-state index is 0.618. The second-order valence-electron chi connectivity index (χ2n) is 14.0. The van der Waals surface area contributed by atoms with Crippen LogP contribution in [0.15, 0.2) is 200 Å². The first kappa shape index (κ1) is 31.9. The van der Waals surface area contributed by atoms with Crippen LogP contribution in [0.3, 0.4) is 0 Å². The maximum absolute atomic E-state index is 5.15. The molecule has 0 spiro atoms. The minimum absolute atomic E-state index is 0.618. The molecule has 262 valence electrons. The maximum Gasteiger partial charge on any atom is 0.166 e. The maximum atomic E-state index is 5.15. The first-order valence-electron chi connectivity index (χ1n) is 18.9. The van der Waals surface area contributed by atoms with E-state index in [1.807, 2.05) is 60.7 Å². The second-order valence-corrected chi connectivity index (χ2v) is 14.0. The number of hydrogen-bond donors (Lipinski definition) is 0. The summed E-state index contributed by atoms with van der Waals surface area (Å²) in [5.74, 6) is 1.89. The van der Waals surface area contributed by atoms with Crippen LogP contribution in [0.2, 0.25) is 0 Å². The van der Waals surface area contributed by atoms with Gasteiger partial charge in [0.15, 0.2) is 17.5 Å². The molecule has 0 aliphatic heterocycles. The van der Waals surface area contributed by atoms with Gasteiger partial charge in [-0.2, -0.15) is 0 Å². The predicted octanol–water partition coefficient (Wildman–Crippen LogP) is 12.7. The molecule has 0 N–H and O–H groups in total. The third kappa shape index (κ3) is 5.13. The van der Waals surface area contributed by atoms with E-state index in [4.69, 9.17) is 15.0 Å². The molecule has 3 heterocycles. The van der Waals surface area contributed by atoms with Crippen LogP contribution >= 0.6 is 0 Å². The topological polar surface area (TPSA) is 48.5 Å². The van der Waals surface area contributed by atoms with Crippen molar-refractivity contribution in [2.45, 2.75) is 0 Å². The molecule has 0 aliphatic rings. The molecule has 3 aromatic heterocycles. The molecule has 0 fully saturated rings. The number of nitrogens with zero attached hydrogens (tertiary/aromatic N) is 5. The summed E-state index contributed by atoms with van der Waals surface area (Å²) < 4.78 is 4.82. The Kier molecular flexibility index (Phi) is 7.42. The number of fused-ring (bicyclic) bond motifs is 7. The van der Waals surface area contributed by atoms with Crippen molar-refractivity contribution < 1.29 is 0 Å². The Morgan fingerprint density at radius 3 is 1.46 bits per heavy atom. The lowest BCUT2D eigenvalue weighted by Gasteiger charge is -2.15. The van der Waals surface area contributed by atoms with Crippen molar-refractivity contribution in [1.82, 2.24) is 24.1 Å². The molecule has 11 rings (SSSR count). The van der Waals surface area contributed by atoms with Gasteiger partial charge < -0.3 is 9.13 Å². The van der Waals surface area contributed by atoms with Crippen molar-refractivity contribution in [3.63, 3.8) is 0 Å². The van der Waals surface area contributed by atoms with E-state index in [2.05, 4.69) is 149 Å². The fraction of sp³-hybridized carbons (Fsp3) is 0. The fourth-order valence-corrected chi connectivity index (χ4v) is 8.26. The average Bonchev–Trinajstić information content (AvgIpc) is 3.80. The highest BCUT2D eigenvalue weighted by atomic mass is 15.1. The highest BCUT2D eigenvalue weighted by Gasteiger charge is 2.23. The molecule has 0 bridgehead atoms. The summed E-state index contributed by atoms with van der Waals surface area (Å²) in [6.45, 7) is 0. The van der Waals surface area contributed by atoms with Crippen LogP contribution < -0.4 is 0 Å². The molecule has 0 unspecified atom stereocenters. The van der Waals surface area contributed by atoms with Crippen LogP contribution in [-0.2, 0) is 0 Å². The van der Waals surface area contributed by atoms with Gasteiger partial charge in [0, 0.05) is 43.9 Å². The van der Waals surface area contributed by atoms with Crippen molar-refractivity contribution in [2.75, 3.05) is 0 Å². The molecular weight excluding hydrogens is 683 g/mol. The van der Waals surface area contributed by atoms with Crippen LogP contribution in [0.1, 0.15) is 0 Å².